The van der Waals surface area contributed by atoms with Crippen LogP contribution in [0.3, 0.4) is 0 Å². The second-order valence-corrected chi connectivity index (χ2v) is 4.95. The number of hydrogen-bond acceptors (Lipinski definition) is 8. The molecule has 0 aromatic rings. The molecular weight excluding hydrogens is 270 g/mol. The van der Waals surface area contributed by atoms with E-state index in [0.717, 1.165) is 0 Å². The summed E-state index contributed by atoms with van der Waals surface area (Å²) in [5.74, 6) is 0. The van der Waals surface area contributed by atoms with E-state index in [1.54, 1.807) is 0 Å². The number of aliphatic hydroxyl groups is 5. The van der Waals surface area contributed by atoms with Crippen LogP contribution in [0.1, 0.15) is 6.42 Å². The standard InChI is InChI=1S/C12H17NO7/c13-5-12(2-1-6(15)3-12)20-11-10(18)9(17)8(16)7(4-14)19-11/h1-2,6-11,14-18H,3-4H2/t6-,7-,8-,9+,10-,11+,12+/m0/s1. The summed E-state index contributed by atoms with van der Waals surface area (Å²) in [6.45, 7) is -0.581. The van der Waals surface area contributed by atoms with Gasteiger partial charge in [0, 0.05) is 6.42 Å². The van der Waals surface area contributed by atoms with Crippen molar-refractivity contribution in [3.8, 4) is 6.07 Å². The predicted octanol–water partition coefficient (Wildman–Crippen LogP) is -2.61. The number of ether oxygens (including phenoxy) is 2. The lowest BCUT2D eigenvalue weighted by Crippen LogP contribution is -2.60. The Kier molecular flexibility index (Phi) is 4.41. The molecule has 2 aliphatic rings. The molecule has 0 saturated carbocycles. The lowest BCUT2D eigenvalue weighted by Gasteiger charge is -2.41. The van der Waals surface area contributed by atoms with Gasteiger partial charge in [0.25, 0.3) is 0 Å². The molecule has 0 unspecified atom stereocenters. The minimum atomic E-state index is -1.58. The van der Waals surface area contributed by atoms with Crippen molar-refractivity contribution in [3.63, 3.8) is 0 Å². The molecule has 0 radical (unpaired) electrons. The highest BCUT2D eigenvalue weighted by Crippen LogP contribution is 2.32. The first-order chi connectivity index (χ1) is 9.42. The Morgan fingerprint density at radius 1 is 1.25 bits per heavy atom. The lowest BCUT2D eigenvalue weighted by atomic mass is 9.98. The molecule has 1 heterocycles. The molecule has 1 aliphatic heterocycles. The van der Waals surface area contributed by atoms with Gasteiger partial charge in [-0.05, 0) is 6.08 Å². The molecule has 112 valence electrons. The summed E-state index contributed by atoms with van der Waals surface area (Å²) >= 11 is 0. The Bertz CT molecular complexity index is 421. The van der Waals surface area contributed by atoms with E-state index in [4.69, 9.17) is 19.8 Å². The summed E-state index contributed by atoms with van der Waals surface area (Å²) in [7, 11) is 0. The van der Waals surface area contributed by atoms with Crippen LogP contribution in [-0.4, -0.2) is 74.6 Å². The quantitative estimate of drug-likeness (QED) is 0.355. The third-order valence-electron chi connectivity index (χ3n) is 3.46. The third-order valence-corrected chi connectivity index (χ3v) is 3.46. The molecule has 1 saturated heterocycles. The first kappa shape index (κ1) is 15.3. The van der Waals surface area contributed by atoms with Gasteiger partial charge in [0.15, 0.2) is 11.9 Å². The Labute approximate surface area is 115 Å². The molecule has 8 heteroatoms. The van der Waals surface area contributed by atoms with Crippen molar-refractivity contribution < 1.29 is 35.0 Å². The number of hydrogen-bond donors (Lipinski definition) is 5. The van der Waals surface area contributed by atoms with Crippen LogP contribution in [0.5, 0.6) is 0 Å². The monoisotopic (exact) mass is 287 g/mol. The number of aliphatic hydroxyl groups excluding tert-OH is 5. The zero-order valence-corrected chi connectivity index (χ0v) is 10.5. The van der Waals surface area contributed by atoms with Crippen LogP contribution in [0.4, 0.5) is 0 Å². The van der Waals surface area contributed by atoms with Gasteiger partial charge >= 0.3 is 0 Å². The molecular formula is C12H17NO7. The second-order valence-electron chi connectivity index (χ2n) is 4.95. The summed E-state index contributed by atoms with van der Waals surface area (Å²) in [4.78, 5) is 0. The largest absolute Gasteiger partial charge is 0.394 e. The minimum absolute atomic E-state index is 0.0292. The average molecular weight is 287 g/mol. The van der Waals surface area contributed by atoms with Crippen molar-refractivity contribution in [3.05, 3.63) is 12.2 Å². The van der Waals surface area contributed by atoms with Crippen molar-refractivity contribution >= 4 is 0 Å². The van der Waals surface area contributed by atoms with Crippen molar-refractivity contribution in [2.45, 2.75) is 48.8 Å². The van der Waals surface area contributed by atoms with Gasteiger partial charge in [-0.3, -0.25) is 0 Å². The number of nitriles is 1. The molecule has 20 heavy (non-hydrogen) atoms. The van der Waals surface area contributed by atoms with E-state index in [2.05, 4.69) is 0 Å². The van der Waals surface area contributed by atoms with E-state index in [1.807, 2.05) is 6.07 Å². The number of rotatable bonds is 3. The highest BCUT2D eigenvalue weighted by Gasteiger charge is 2.48. The van der Waals surface area contributed by atoms with Gasteiger partial charge in [0.2, 0.25) is 0 Å². The molecule has 8 nitrogen and oxygen atoms in total. The van der Waals surface area contributed by atoms with E-state index in [0.29, 0.717) is 0 Å². The summed E-state index contributed by atoms with van der Waals surface area (Å²) in [5, 5.41) is 56.7. The first-order valence-corrected chi connectivity index (χ1v) is 6.19. The Morgan fingerprint density at radius 2 is 1.95 bits per heavy atom. The van der Waals surface area contributed by atoms with Gasteiger partial charge < -0.3 is 35.0 Å². The molecule has 0 aromatic heterocycles. The maximum Gasteiger partial charge on any atom is 0.189 e. The minimum Gasteiger partial charge on any atom is -0.394 e. The first-order valence-electron chi connectivity index (χ1n) is 6.19. The maximum atomic E-state index is 9.82. The van der Waals surface area contributed by atoms with Crippen LogP contribution in [0.2, 0.25) is 0 Å². The summed E-state index contributed by atoms with van der Waals surface area (Å²) in [6, 6.07) is 1.87. The molecule has 0 aromatic carbocycles. The topological polar surface area (TPSA) is 143 Å². The van der Waals surface area contributed by atoms with Gasteiger partial charge in [-0.25, -0.2) is 0 Å². The Morgan fingerprint density at radius 3 is 2.45 bits per heavy atom. The van der Waals surface area contributed by atoms with Crippen molar-refractivity contribution in [1.29, 1.82) is 5.26 Å². The maximum absolute atomic E-state index is 9.82. The van der Waals surface area contributed by atoms with Crippen molar-refractivity contribution in [2.24, 2.45) is 0 Å². The van der Waals surface area contributed by atoms with Crippen LogP contribution in [0.15, 0.2) is 12.2 Å². The molecule has 5 N–H and O–H groups in total. The van der Waals surface area contributed by atoms with E-state index >= 15 is 0 Å². The van der Waals surface area contributed by atoms with E-state index < -0.39 is 49.0 Å². The number of nitrogens with zero attached hydrogens (tertiary/aromatic N) is 1. The SMILES string of the molecule is N#C[C@@]1(O[C@H]2O[C@@H](CO)[C@H](O)[C@@H](O)[C@@H]2O)C=C[C@H](O)C1. The normalized spacial score (nSPS) is 48.2. The highest BCUT2D eigenvalue weighted by atomic mass is 16.7. The van der Waals surface area contributed by atoms with E-state index in [-0.39, 0.29) is 6.42 Å². The predicted molar refractivity (Wildman–Crippen MR) is 63.0 cm³/mol. The van der Waals surface area contributed by atoms with Gasteiger partial charge in [0.1, 0.15) is 30.5 Å². The van der Waals surface area contributed by atoms with Crippen LogP contribution in [0, 0.1) is 11.3 Å². The summed E-state index contributed by atoms with van der Waals surface area (Å²) in [5.41, 5.74) is -1.48. The lowest BCUT2D eigenvalue weighted by molar-refractivity contribution is -0.315. The van der Waals surface area contributed by atoms with Gasteiger partial charge in [0.05, 0.1) is 12.7 Å². The fourth-order valence-electron chi connectivity index (χ4n) is 2.28. The zero-order valence-electron chi connectivity index (χ0n) is 10.5. The molecule has 0 bridgehead atoms. The highest BCUT2D eigenvalue weighted by molar-refractivity contribution is 5.24. The summed E-state index contributed by atoms with van der Waals surface area (Å²) in [6.07, 6.45) is -5.30. The molecule has 7 atom stereocenters. The zero-order chi connectivity index (χ0) is 14.9. The molecule has 0 spiro atoms. The third kappa shape index (κ3) is 2.70. The molecule has 0 amide bonds. The van der Waals surface area contributed by atoms with E-state index in [1.165, 1.54) is 12.2 Å². The van der Waals surface area contributed by atoms with Crippen LogP contribution in [-0.2, 0) is 9.47 Å². The van der Waals surface area contributed by atoms with Crippen molar-refractivity contribution in [1.82, 2.24) is 0 Å². The van der Waals surface area contributed by atoms with Crippen LogP contribution >= 0.6 is 0 Å². The van der Waals surface area contributed by atoms with E-state index in [9.17, 15) is 20.4 Å². The molecule has 1 aliphatic carbocycles. The molecule has 2 rings (SSSR count). The molecule has 1 fully saturated rings. The Balaban J connectivity index is 2.12. The van der Waals surface area contributed by atoms with Crippen LogP contribution < -0.4 is 0 Å². The average Bonchev–Trinajstić information content (AvgIpc) is 2.81. The van der Waals surface area contributed by atoms with Crippen molar-refractivity contribution in [2.75, 3.05) is 6.61 Å². The van der Waals surface area contributed by atoms with Gasteiger partial charge in [-0.2, -0.15) is 5.26 Å². The smallest absolute Gasteiger partial charge is 0.189 e. The van der Waals surface area contributed by atoms with Gasteiger partial charge in [-0.1, -0.05) is 6.08 Å². The van der Waals surface area contributed by atoms with Crippen LogP contribution in [0.25, 0.3) is 0 Å². The van der Waals surface area contributed by atoms with Gasteiger partial charge in [-0.15, -0.1) is 0 Å². The Hall–Kier alpha value is -1.05. The summed E-state index contributed by atoms with van der Waals surface area (Å²) < 4.78 is 10.5. The second kappa shape index (κ2) is 5.75. The fraction of sp³-hybridized carbons (Fsp3) is 0.750. The fourth-order valence-corrected chi connectivity index (χ4v) is 2.28.